The molecule has 1 fully saturated rings. The van der Waals surface area contributed by atoms with E-state index in [9.17, 15) is 9.59 Å². The second-order valence-electron chi connectivity index (χ2n) is 8.02. The van der Waals surface area contributed by atoms with E-state index in [1.807, 2.05) is 42.5 Å². The fourth-order valence-corrected chi connectivity index (χ4v) is 4.54. The Bertz CT molecular complexity index is 1360. The molecule has 0 amide bonds. The zero-order valence-electron chi connectivity index (χ0n) is 19.2. The number of esters is 1. The minimum atomic E-state index is -0.767. The van der Waals surface area contributed by atoms with Crippen LogP contribution in [-0.2, 0) is 23.1 Å². The maximum atomic E-state index is 13.1. The molecule has 1 aliphatic heterocycles. The highest BCUT2D eigenvalue weighted by Crippen LogP contribution is 2.25. The van der Waals surface area contributed by atoms with Crippen molar-refractivity contribution in [3.8, 4) is 5.69 Å². The predicted octanol–water partition coefficient (Wildman–Crippen LogP) is 4.27. The van der Waals surface area contributed by atoms with Gasteiger partial charge in [-0.15, -0.1) is 0 Å². The highest BCUT2D eigenvalue weighted by Gasteiger charge is 2.28. The number of para-hydroxylation sites is 1. The van der Waals surface area contributed by atoms with Gasteiger partial charge < -0.3 is 14.8 Å². The Balaban J connectivity index is 1.70. The standard InChI is InChI=1S/C24H24Cl2N4O4S/c1-28-22(31)20(23(32)33-2)21(30(24(28)35)16-6-4-3-5-7-16)27-19-14-29(10-11-34-19)13-15-8-9-17(25)18(26)12-15/h3-9,12,19,27H,10-11,13-14H2,1-2H3. The smallest absolute Gasteiger partial charge is 0.347 e. The van der Waals surface area contributed by atoms with Crippen LogP contribution in [0.2, 0.25) is 10.0 Å². The summed E-state index contributed by atoms with van der Waals surface area (Å²) in [5, 5.41) is 4.25. The van der Waals surface area contributed by atoms with Gasteiger partial charge in [0.1, 0.15) is 12.0 Å². The largest absolute Gasteiger partial charge is 0.465 e. The fraction of sp³-hybridized carbons (Fsp3) is 0.292. The quantitative estimate of drug-likeness (QED) is 0.373. The molecule has 3 aromatic rings. The third-order valence-electron chi connectivity index (χ3n) is 5.70. The van der Waals surface area contributed by atoms with Gasteiger partial charge in [-0.05, 0) is 42.0 Å². The normalized spacial score (nSPS) is 16.2. The first-order chi connectivity index (χ1) is 16.8. The highest BCUT2D eigenvalue weighted by molar-refractivity contribution is 7.71. The summed E-state index contributed by atoms with van der Waals surface area (Å²) in [6.45, 7) is 2.26. The zero-order chi connectivity index (χ0) is 25.1. The summed E-state index contributed by atoms with van der Waals surface area (Å²) in [5.41, 5.74) is 0.984. The van der Waals surface area contributed by atoms with Gasteiger partial charge in [-0.25, -0.2) is 4.79 Å². The van der Waals surface area contributed by atoms with Gasteiger partial charge in [-0.3, -0.25) is 18.8 Å². The van der Waals surface area contributed by atoms with Crippen molar-refractivity contribution in [1.82, 2.24) is 14.0 Å². The first-order valence-corrected chi connectivity index (χ1v) is 12.0. The van der Waals surface area contributed by atoms with Crippen molar-refractivity contribution in [2.24, 2.45) is 7.05 Å². The third-order valence-corrected chi connectivity index (χ3v) is 6.89. The van der Waals surface area contributed by atoms with Crippen molar-refractivity contribution >= 4 is 47.2 Å². The Kier molecular flexibility index (Phi) is 7.93. The van der Waals surface area contributed by atoms with E-state index >= 15 is 0 Å². The van der Waals surface area contributed by atoms with Crippen molar-refractivity contribution in [2.45, 2.75) is 12.8 Å². The van der Waals surface area contributed by atoms with Crippen LogP contribution in [-0.4, -0.2) is 53.0 Å². The van der Waals surface area contributed by atoms with Crippen LogP contribution in [0.1, 0.15) is 15.9 Å². The van der Waals surface area contributed by atoms with Gasteiger partial charge in [0.15, 0.2) is 10.3 Å². The minimum Gasteiger partial charge on any atom is -0.465 e. The molecule has 2 heterocycles. The van der Waals surface area contributed by atoms with Crippen LogP contribution in [0.4, 0.5) is 5.82 Å². The maximum Gasteiger partial charge on any atom is 0.347 e. The lowest BCUT2D eigenvalue weighted by molar-refractivity contribution is -0.0167. The number of halogens is 2. The van der Waals surface area contributed by atoms with Gasteiger partial charge in [-0.2, -0.15) is 0 Å². The SMILES string of the molecule is COC(=O)c1c(NC2CN(Cc3ccc(Cl)c(Cl)c3)CCO2)n(-c2ccccc2)c(=S)n(C)c1=O. The molecule has 0 saturated carbocycles. The van der Waals surface area contributed by atoms with Crippen LogP contribution in [0.15, 0.2) is 53.3 Å². The zero-order valence-corrected chi connectivity index (χ0v) is 21.5. The van der Waals surface area contributed by atoms with Crippen molar-refractivity contribution in [1.29, 1.82) is 0 Å². The molecule has 0 spiro atoms. The summed E-state index contributed by atoms with van der Waals surface area (Å²) < 4.78 is 14.0. The number of methoxy groups -OCH3 is 1. The van der Waals surface area contributed by atoms with E-state index in [0.717, 1.165) is 5.56 Å². The molecular formula is C24H24Cl2N4O4S. The van der Waals surface area contributed by atoms with Gasteiger partial charge in [0.25, 0.3) is 5.56 Å². The van der Waals surface area contributed by atoms with Crippen LogP contribution in [0.5, 0.6) is 0 Å². The number of hydrogen-bond donors (Lipinski definition) is 1. The summed E-state index contributed by atoms with van der Waals surface area (Å²) >= 11 is 17.8. The number of morpholine rings is 1. The Morgan fingerprint density at radius 3 is 2.63 bits per heavy atom. The second-order valence-corrected chi connectivity index (χ2v) is 9.20. The van der Waals surface area contributed by atoms with E-state index in [1.165, 1.54) is 18.7 Å². The van der Waals surface area contributed by atoms with E-state index < -0.39 is 17.8 Å². The molecule has 0 aliphatic carbocycles. The van der Waals surface area contributed by atoms with Gasteiger partial charge in [0, 0.05) is 32.4 Å². The number of nitrogens with one attached hydrogen (secondary N) is 1. The molecule has 1 atom stereocenters. The lowest BCUT2D eigenvalue weighted by Crippen LogP contribution is -2.46. The molecule has 8 nitrogen and oxygen atoms in total. The molecule has 1 aromatic heterocycles. The number of nitrogens with zero attached hydrogens (tertiary/aromatic N) is 3. The number of aromatic nitrogens is 2. The number of rotatable bonds is 6. The van der Waals surface area contributed by atoms with E-state index in [4.69, 9.17) is 44.9 Å². The Morgan fingerprint density at radius 2 is 1.94 bits per heavy atom. The highest BCUT2D eigenvalue weighted by atomic mass is 35.5. The van der Waals surface area contributed by atoms with Crippen LogP contribution in [0.3, 0.4) is 0 Å². The van der Waals surface area contributed by atoms with E-state index in [-0.39, 0.29) is 16.2 Å². The Hall–Kier alpha value is -2.69. The molecule has 35 heavy (non-hydrogen) atoms. The van der Waals surface area contributed by atoms with Crippen LogP contribution in [0.25, 0.3) is 5.69 Å². The van der Waals surface area contributed by atoms with Crippen molar-refractivity contribution in [2.75, 3.05) is 32.1 Å². The van der Waals surface area contributed by atoms with Crippen molar-refractivity contribution in [3.05, 3.63) is 84.8 Å². The summed E-state index contributed by atoms with van der Waals surface area (Å²) in [5.74, 6) is -0.547. The van der Waals surface area contributed by atoms with Crippen LogP contribution >= 0.6 is 35.4 Å². The van der Waals surface area contributed by atoms with E-state index in [1.54, 1.807) is 10.6 Å². The Morgan fingerprint density at radius 1 is 1.20 bits per heavy atom. The molecule has 2 aromatic carbocycles. The summed E-state index contributed by atoms with van der Waals surface area (Å²) in [6.07, 6.45) is -0.522. The minimum absolute atomic E-state index is 0.155. The molecule has 4 rings (SSSR count). The monoisotopic (exact) mass is 534 g/mol. The molecule has 1 saturated heterocycles. The number of carbonyl (C=O) groups excluding carboxylic acids is 1. The van der Waals surface area contributed by atoms with Gasteiger partial charge in [0.05, 0.1) is 23.8 Å². The number of hydrogen-bond acceptors (Lipinski definition) is 7. The number of benzene rings is 2. The van der Waals surface area contributed by atoms with Crippen LogP contribution < -0.4 is 10.9 Å². The summed E-state index contributed by atoms with van der Waals surface area (Å²) in [7, 11) is 2.76. The summed E-state index contributed by atoms with van der Waals surface area (Å²) in [6, 6.07) is 14.8. The molecular weight excluding hydrogens is 511 g/mol. The molecule has 184 valence electrons. The maximum absolute atomic E-state index is 13.1. The topological polar surface area (TPSA) is 77.7 Å². The molecule has 1 unspecified atom stereocenters. The van der Waals surface area contributed by atoms with Crippen molar-refractivity contribution < 1.29 is 14.3 Å². The van der Waals surface area contributed by atoms with Crippen LogP contribution in [0, 0.1) is 4.77 Å². The average molecular weight is 535 g/mol. The van der Waals surface area contributed by atoms with E-state index in [2.05, 4.69) is 10.2 Å². The number of carbonyl (C=O) groups is 1. The van der Waals surface area contributed by atoms with Gasteiger partial charge in [-0.1, -0.05) is 47.5 Å². The molecule has 1 aliphatic rings. The lowest BCUT2D eigenvalue weighted by atomic mass is 10.2. The number of anilines is 1. The molecule has 1 N–H and O–H groups in total. The third kappa shape index (κ3) is 5.44. The Labute approximate surface area is 217 Å². The average Bonchev–Trinajstić information content (AvgIpc) is 2.86. The summed E-state index contributed by atoms with van der Waals surface area (Å²) in [4.78, 5) is 28.0. The first kappa shape index (κ1) is 25.4. The van der Waals surface area contributed by atoms with Crippen molar-refractivity contribution in [3.63, 3.8) is 0 Å². The molecule has 0 radical (unpaired) electrons. The number of ether oxygens (including phenoxy) is 2. The first-order valence-electron chi connectivity index (χ1n) is 10.8. The predicted molar refractivity (Wildman–Crippen MR) is 138 cm³/mol. The fourth-order valence-electron chi connectivity index (χ4n) is 3.93. The van der Waals surface area contributed by atoms with Gasteiger partial charge >= 0.3 is 5.97 Å². The van der Waals surface area contributed by atoms with Gasteiger partial charge in [0.2, 0.25) is 0 Å². The lowest BCUT2D eigenvalue weighted by Gasteiger charge is -2.34. The second kappa shape index (κ2) is 10.9. The van der Waals surface area contributed by atoms with E-state index in [0.29, 0.717) is 42.0 Å². The molecule has 0 bridgehead atoms. The molecule has 11 heteroatoms.